The van der Waals surface area contributed by atoms with Crippen LogP contribution in [0.5, 0.6) is 0 Å². The highest BCUT2D eigenvalue weighted by atomic mass is 32.2. The molecule has 1 aromatic carbocycles. The fourth-order valence-corrected chi connectivity index (χ4v) is 3.73. The third kappa shape index (κ3) is 3.15. The number of nitro benzene ring substituents is 1. The second-order valence-electron chi connectivity index (χ2n) is 4.60. The van der Waals surface area contributed by atoms with Gasteiger partial charge in [0.25, 0.3) is 5.69 Å². The van der Waals surface area contributed by atoms with E-state index in [1.54, 1.807) is 0 Å². The van der Waals surface area contributed by atoms with Gasteiger partial charge in [0.15, 0.2) is 0 Å². The van der Waals surface area contributed by atoms with Gasteiger partial charge in [0.2, 0.25) is 10.0 Å². The lowest BCUT2D eigenvalue weighted by Gasteiger charge is -2.15. The Labute approximate surface area is 123 Å². The number of sulfonamides is 1. The minimum absolute atomic E-state index is 0.0673. The molecule has 1 aliphatic rings. The van der Waals surface area contributed by atoms with E-state index in [0.717, 1.165) is 18.9 Å². The molecule has 7 nitrogen and oxygen atoms in total. The zero-order valence-electron chi connectivity index (χ0n) is 11.3. The van der Waals surface area contributed by atoms with E-state index in [-0.39, 0.29) is 22.8 Å². The largest absolute Gasteiger partial charge is 0.369 e. The number of terminal acetylenes is 1. The Bertz CT molecular complexity index is 688. The summed E-state index contributed by atoms with van der Waals surface area (Å²) in [7, 11) is -3.67. The molecule has 0 spiro atoms. The van der Waals surface area contributed by atoms with Crippen LogP contribution in [0.15, 0.2) is 23.1 Å². The molecule has 0 amide bonds. The number of nitro groups is 1. The van der Waals surface area contributed by atoms with Gasteiger partial charge in [0.1, 0.15) is 5.69 Å². The maximum absolute atomic E-state index is 12.4. The first-order valence-corrected chi connectivity index (χ1v) is 7.87. The molecule has 21 heavy (non-hydrogen) atoms. The second-order valence-corrected chi connectivity index (χ2v) is 6.54. The average molecular weight is 309 g/mol. The molecule has 0 aliphatic carbocycles. The van der Waals surface area contributed by atoms with Crippen LogP contribution < -0.4 is 5.32 Å². The van der Waals surface area contributed by atoms with Crippen molar-refractivity contribution < 1.29 is 13.3 Å². The molecular weight excluding hydrogens is 294 g/mol. The normalized spacial score (nSPS) is 15.6. The second kappa shape index (κ2) is 6.11. The summed E-state index contributed by atoms with van der Waals surface area (Å²) in [5.41, 5.74) is -0.0937. The number of hydrogen-bond acceptors (Lipinski definition) is 5. The Hall–Kier alpha value is -2.11. The van der Waals surface area contributed by atoms with E-state index in [4.69, 9.17) is 6.42 Å². The van der Waals surface area contributed by atoms with Gasteiger partial charge in [-0.15, -0.1) is 6.42 Å². The van der Waals surface area contributed by atoms with E-state index in [1.807, 2.05) is 0 Å². The molecule has 8 heteroatoms. The number of benzene rings is 1. The topological polar surface area (TPSA) is 92.6 Å². The van der Waals surface area contributed by atoms with Crippen LogP contribution in [0.2, 0.25) is 0 Å². The smallest absolute Gasteiger partial charge is 0.293 e. The molecule has 2 rings (SSSR count). The standard InChI is InChI=1S/C13H15N3O4S/c1-2-7-14-12-6-5-11(10-13(12)16(17)18)21(19,20)15-8-3-4-9-15/h1,5-6,10,14H,3-4,7-9H2. The van der Waals surface area contributed by atoms with Crippen LogP contribution in [0.3, 0.4) is 0 Å². The van der Waals surface area contributed by atoms with E-state index in [0.29, 0.717) is 13.1 Å². The van der Waals surface area contributed by atoms with Gasteiger partial charge >= 0.3 is 0 Å². The fraction of sp³-hybridized carbons (Fsp3) is 0.385. The third-order valence-corrected chi connectivity index (χ3v) is 5.14. The van der Waals surface area contributed by atoms with Gasteiger partial charge in [0, 0.05) is 19.2 Å². The minimum Gasteiger partial charge on any atom is -0.369 e. The van der Waals surface area contributed by atoms with E-state index < -0.39 is 14.9 Å². The molecule has 0 bridgehead atoms. The molecule has 112 valence electrons. The van der Waals surface area contributed by atoms with Crippen LogP contribution >= 0.6 is 0 Å². The number of rotatable bonds is 5. The molecule has 0 unspecified atom stereocenters. The summed E-state index contributed by atoms with van der Waals surface area (Å²) in [6, 6.07) is 3.81. The van der Waals surface area contributed by atoms with Crippen molar-refractivity contribution in [2.75, 3.05) is 25.0 Å². The van der Waals surface area contributed by atoms with Crippen molar-refractivity contribution >= 4 is 21.4 Å². The Morgan fingerprint density at radius 3 is 2.62 bits per heavy atom. The van der Waals surface area contributed by atoms with Crippen LogP contribution in [0.4, 0.5) is 11.4 Å². The van der Waals surface area contributed by atoms with Crippen molar-refractivity contribution in [3.8, 4) is 12.3 Å². The number of nitrogens with zero attached hydrogens (tertiary/aromatic N) is 2. The molecule has 1 fully saturated rings. The molecule has 1 aliphatic heterocycles. The first kappa shape index (κ1) is 15.3. The van der Waals surface area contributed by atoms with Crippen LogP contribution in [-0.2, 0) is 10.0 Å². The highest BCUT2D eigenvalue weighted by Gasteiger charge is 2.29. The summed E-state index contributed by atoms with van der Waals surface area (Å²) in [5, 5.41) is 13.8. The lowest BCUT2D eigenvalue weighted by Crippen LogP contribution is -2.27. The van der Waals surface area contributed by atoms with Crippen molar-refractivity contribution in [3.63, 3.8) is 0 Å². The summed E-state index contributed by atoms with van der Waals surface area (Å²) >= 11 is 0. The third-order valence-electron chi connectivity index (χ3n) is 3.25. The van der Waals surface area contributed by atoms with Gasteiger partial charge in [-0.25, -0.2) is 8.42 Å². The maximum atomic E-state index is 12.4. The van der Waals surface area contributed by atoms with Gasteiger partial charge in [-0.05, 0) is 25.0 Å². The van der Waals surface area contributed by atoms with Gasteiger partial charge in [0.05, 0.1) is 16.4 Å². The molecule has 1 N–H and O–H groups in total. The first-order chi connectivity index (χ1) is 9.96. The Morgan fingerprint density at radius 2 is 2.05 bits per heavy atom. The summed E-state index contributed by atoms with van der Waals surface area (Å²) in [6.07, 6.45) is 6.72. The van der Waals surface area contributed by atoms with Crippen molar-refractivity contribution in [2.24, 2.45) is 0 Å². The Kier molecular flexibility index (Phi) is 4.45. The number of hydrogen-bond donors (Lipinski definition) is 1. The van der Waals surface area contributed by atoms with E-state index >= 15 is 0 Å². The summed E-state index contributed by atoms with van der Waals surface area (Å²) < 4.78 is 26.1. The predicted molar refractivity (Wildman–Crippen MR) is 78.4 cm³/mol. The zero-order chi connectivity index (χ0) is 15.5. The number of anilines is 1. The van der Waals surface area contributed by atoms with Gasteiger partial charge in [-0.3, -0.25) is 10.1 Å². The summed E-state index contributed by atoms with van der Waals surface area (Å²) in [4.78, 5) is 10.4. The quantitative estimate of drug-likeness (QED) is 0.504. The summed E-state index contributed by atoms with van der Waals surface area (Å²) in [6.45, 7) is 1.03. The van der Waals surface area contributed by atoms with Crippen LogP contribution in [-0.4, -0.2) is 37.3 Å². The van der Waals surface area contributed by atoms with E-state index in [1.165, 1.54) is 16.4 Å². The maximum Gasteiger partial charge on any atom is 0.293 e. The number of nitrogens with one attached hydrogen (secondary N) is 1. The lowest BCUT2D eigenvalue weighted by atomic mass is 10.2. The van der Waals surface area contributed by atoms with Crippen molar-refractivity contribution in [1.82, 2.24) is 4.31 Å². The van der Waals surface area contributed by atoms with Crippen molar-refractivity contribution in [3.05, 3.63) is 28.3 Å². The lowest BCUT2D eigenvalue weighted by molar-refractivity contribution is -0.384. The van der Waals surface area contributed by atoms with Crippen LogP contribution in [0.25, 0.3) is 0 Å². The minimum atomic E-state index is -3.67. The van der Waals surface area contributed by atoms with Gasteiger partial charge < -0.3 is 5.32 Å². The monoisotopic (exact) mass is 309 g/mol. The molecule has 0 aromatic heterocycles. The molecule has 0 atom stereocenters. The molecule has 1 saturated heterocycles. The molecule has 0 saturated carbocycles. The first-order valence-electron chi connectivity index (χ1n) is 6.43. The highest BCUT2D eigenvalue weighted by molar-refractivity contribution is 7.89. The molecular formula is C13H15N3O4S. The fourth-order valence-electron chi connectivity index (χ4n) is 2.20. The van der Waals surface area contributed by atoms with Crippen molar-refractivity contribution in [1.29, 1.82) is 0 Å². The summed E-state index contributed by atoms with van der Waals surface area (Å²) in [5.74, 6) is 2.31. The van der Waals surface area contributed by atoms with Crippen LogP contribution in [0, 0.1) is 22.5 Å². The zero-order valence-corrected chi connectivity index (χ0v) is 12.1. The van der Waals surface area contributed by atoms with Crippen molar-refractivity contribution in [2.45, 2.75) is 17.7 Å². The molecule has 1 aromatic rings. The highest BCUT2D eigenvalue weighted by Crippen LogP contribution is 2.29. The average Bonchev–Trinajstić information content (AvgIpc) is 2.99. The Morgan fingerprint density at radius 1 is 1.38 bits per heavy atom. The van der Waals surface area contributed by atoms with E-state index in [9.17, 15) is 18.5 Å². The predicted octanol–water partition coefficient (Wildman–Crippen LogP) is 1.42. The molecule has 1 heterocycles. The SMILES string of the molecule is C#CCNc1ccc(S(=O)(=O)N2CCCC2)cc1[N+](=O)[O-]. The van der Waals surface area contributed by atoms with Gasteiger partial charge in [-0.1, -0.05) is 5.92 Å². The Balaban J connectivity index is 2.40. The molecule has 0 radical (unpaired) electrons. The van der Waals surface area contributed by atoms with E-state index in [2.05, 4.69) is 11.2 Å². The van der Waals surface area contributed by atoms with Crippen LogP contribution in [0.1, 0.15) is 12.8 Å². The van der Waals surface area contributed by atoms with Gasteiger partial charge in [-0.2, -0.15) is 4.31 Å².